The Balaban J connectivity index is 2.00. The van der Waals surface area contributed by atoms with E-state index in [9.17, 15) is 4.79 Å². The molecule has 116 valence electrons. The van der Waals surface area contributed by atoms with Crippen LogP contribution in [-0.4, -0.2) is 37.6 Å². The van der Waals surface area contributed by atoms with Crippen LogP contribution in [0.25, 0.3) is 0 Å². The lowest BCUT2D eigenvalue weighted by Crippen LogP contribution is -2.38. The number of rotatable bonds is 4. The van der Waals surface area contributed by atoms with Crippen molar-refractivity contribution in [1.29, 1.82) is 0 Å². The highest BCUT2D eigenvalue weighted by molar-refractivity contribution is 6.37. The third-order valence-corrected chi connectivity index (χ3v) is 4.27. The fraction of sp³-hybridized carbons (Fsp3) is 0.571. The molecule has 0 radical (unpaired) electrons. The Morgan fingerprint density at radius 3 is 2.62 bits per heavy atom. The van der Waals surface area contributed by atoms with E-state index in [1.54, 1.807) is 20.0 Å². The van der Waals surface area contributed by atoms with Crippen LogP contribution in [0.2, 0.25) is 10.0 Å². The van der Waals surface area contributed by atoms with Crippen molar-refractivity contribution >= 4 is 40.7 Å². The molecule has 5 nitrogen and oxygen atoms in total. The number of aromatic nitrogens is 1. The van der Waals surface area contributed by atoms with Gasteiger partial charge in [0, 0.05) is 33.6 Å². The average molecular weight is 331 g/mol. The Hall–Kier alpha value is -1.20. The molecule has 0 bridgehead atoms. The zero-order valence-corrected chi connectivity index (χ0v) is 13.8. The first-order valence-corrected chi connectivity index (χ1v) is 7.80. The van der Waals surface area contributed by atoms with Gasteiger partial charge in [0.15, 0.2) is 0 Å². The smallest absolute Gasteiger partial charge is 0.216 e. The lowest BCUT2D eigenvalue weighted by Gasteiger charge is -2.33. The van der Waals surface area contributed by atoms with E-state index in [0.717, 1.165) is 38.3 Å². The first-order chi connectivity index (χ1) is 10.0. The maximum Gasteiger partial charge on any atom is 0.216 e. The second-order valence-electron chi connectivity index (χ2n) is 5.24. The van der Waals surface area contributed by atoms with E-state index in [-0.39, 0.29) is 5.91 Å². The highest BCUT2D eigenvalue weighted by Crippen LogP contribution is 2.33. The van der Waals surface area contributed by atoms with Crippen LogP contribution in [0.5, 0.6) is 0 Å². The van der Waals surface area contributed by atoms with Crippen molar-refractivity contribution in [2.45, 2.75) is 19.8 Å². The molecule has 1 saturated heterocycles. The Bertz CT molecular complexity index is 516. The van der Waals surface area contributed by atoms with Gasteiger partial charge in [0.05, 0.1) is 10.0 Å². The number of amides is 1. The Morgan fingerprint density at radius 2 is 2.05 bits per heavy atom. The molecule has 1 aromatic heterocycles. The van der Waals surface area contributed by atoms with Crippen molar-refractivity contribution in [3.05, 3.63) is 16.1 Å². The molecular weight excluding hydrogens is 311 g/mol. The number of hydrogen-bond acceptors (Lipinski definition) is 4. The van der Waals surface area contributed by atoms with Crippen molar-refractivity contribution in [2.24, 2.45) is 5.92 Å². The molecule has 0 spiro atoms. The minimum absolute atomic E-state index is 0.0264. The van der Waals surface area contributed by atoms with Gasteiger partial charge in [-0.2, -0.15) is 0 Å². The van der Waals surface area contributed by atoms with Crippen LogP contribution >= 0.6 is 23.2 Å². The number of anilines is 2. The van der Waals surface area contributed by atoms with Crippen LogP contribution < -0.4 is 15.5 Å². The summed E-state index contributed by atoms with van der Waals surface area (Å²) in [7, 11) is 1.78. The number of nitrogens with zero attached hydrogens (tertiary/aromatic N) is 2. The number of pyridine rings is 1. The topological polar surface area (TPSA) is 57.3 Å². The maximum atomic E-state index is 11.0. The number of carbonyl (C=O) groups is 1. The molecule has 0 unspecified atom stereocenters. The number of carbonyl (C=O) groups excluding carboxylic acids is 1. The van der Waals surface area contributed by atoms with Gasteiger partial charge in [-0.3, -0.25) is 4.79 Å². The molecular formula is C14H20Cl2N4O. The number of nitrogens with one attached hydrogen (secondary N) is 2. The zero-order chi connectivity index (χ0) is 15.4. The van der Waals surface area contributed by atoms with Crippen LogP contribution in [0.1, 0.15) is 19.8 Å². The molecule has 1 amide bonds. The lowest BCUT2D eigenvalue weighted by atomic mass is 9.97. The average Bonchev–Trinajstić information content (AvgIpc) is 2.46. The molecule has 2 N–H and O–H groups in total. The zero-order valence-electron chi connectivity index (χ0n) is 12.2. The summed E-state index contributed by atoms with van der Waals surface area (Å²) in [5, 5.41) is 6.94. The first-order valence-electron chi connectivity index (χ1n) is 7.04. The summed E-state index contributed by atoms with van der Waals surface area (Å²) in [6, 6.07) is 1.72. The van der Waals surface area contributed by atoms with Gasteiger partial charge in [-0.25, -0.2) is 4.98 Å². The summed E-state index contributed by atoms with van der Waals surface area (Å²) < 4.78 is 0. The van der Waals surface area contributed by atoms with Crippen molar-refractivity contribution < 1.29 is 4.79 Å². The fourth-order valence-corrected chi connectivity index (χ4v) is 3.06. The quantitative estimate of drug-likeness (QED) is 0.891. The van der Waals surface area contributed by atoms with E-state index >= 15 is 0 Å². The van der Waals surface area contributed by atoms with Gasteiger partial charge in [0.2, 0.25) is 5.91 Å². The summed E-state index contributed by atoms with van der Waals surface area (Å²) in [5.41, 5.74) is 0. The van der Waals surface area contributed by atoms with Gasteiger partial charge in [-0.05, 0) is 24.8 Å². The van der Waals surface area contributed by atoms with E-state index in [0.29, 0.717) is 21.8 Å². The van der Waals surface area contributed by atoms with Crippen molar-refractivity contribution in [3.8, 4) is 0 Å². The van der Waals surface area contributed by atoms with E-state index in [2.05, 4.69) is 20.5 Å². The fourth-order valence-electron chi connectivity index (χ4n) is 2.49. The Morgan fingerprint density at radius 1 is 1.38 bits per heavy atom. The molecule has 0 aromatic carbocycles. The third-order valence-electron chi connectivity index (χ3n) is 3.70. The monoisotopic (exact) mass is 330 g/mol. The predicted octanol–water partition coefficient (Wildman–Crippen LogP) is 2.78. The van der Waals surface area contributed by atoms with Gasteiger partial charge in [0.25, 0.3) is 0 Å². The molecule has 7 heteroatoms. The molecule has 0 atom stereocenters. The minimum Gasteiger partial charge on any atom is -0.372 e. The van der Waals surface area contributed by atoms with Gasteiger partial charge < -0.3 is 15.5 Å². The van der Waals surface area contributed by atoms with Crippen LogP contribution in [0.3, 0.4) is 0 Å². The lowest BCUT2D eigenvalue weighted by molar-refractivity contribution is -0.119. The number of halogens is 2. The van der Waals surface area contributed by atoms with Gasteiger partial charge in [0.1, 0.15) is 11.6 Å². The first kappa shape index (κ1) is 16.2. The second kappa shape index (κ2) is 7.18. The number of hydrogen-bond donors (Lipinski definition) is 2. The molecule has 2 rings (SSSR count). The van der Waals surface area contributed by atoms with Crippen LogP contribution in [0, 0.1) is 5.92 Å². The van der Waals surface area contributed by atoms with E-state index in [4.69, 9.17) is 23.2 Å². The second-order valence-corrected chi connectivity index (χ2v) is 6.06. The van der Waals surface area contributed by atoms with E-state index in [1.165, 1.54) is 0 Å². The summed E-state index contributed by atoms with van der Waals surface area (Å²) in [4.78, 5) is 17.6. The highest BCUT2D eigenvalue weighted by Gasteiger charge is 2.22. The molecule has 21 heavy (non-hydrogen) atoms. The van der Waals surface area contributed by atoms with Crippen LogP contribution in [0.15, 0.2) is 6.07 Å². The Kier molecular flexibility index (Phi) is 5.53. The molecule has 1 aliphatic rings. The molecule has 1 fully saturated rings. The van der Waals surface area contributed by atoms with Crippen molar-refractivity contribution in [1.82, 2.24) is 10.3 Å². The summed E-state index contributed by atoms with van der Waals surface area (Å²) in [6.07, 6.45) is 2.02. The molecule has 2 heterocycles. The predicted molar refractivity (Wildman–Crippen MR) is 87.4 cm³/mol. The van der Waals surface area contributed by atoms with Gasteiger partial charge in [-0.1, -0.05) is 23.2 Å². The molecule has 1 aromatic rings. The van der Waals surface area contributed by atoms with Gasteiger partial charge in [-0.15, -0.1) is 0 Å². The van der Waals surface area contributed by atoms with Crippen molar-refractivity contribution in [2.75, 3.05) is 36.9 Å². The van der Waals surface area contributed by atoms with Crippen LogP contribution in [0.4, 0.5) is 11.6 Å². The molecule has 1 aliphatic heterocycles. The van der Waals surface area contributed by atoms with E-state index in [1.807, 2.05) is 0 Å². The summed E-state index contributed by atoms with van der Waals surface area (Å²) in [6.45, 7) is 4.04. The third kappa shape index (κ3) is 4.14. The molecule has 0 aliphatic carbocycles. The normalized spacial score (nSPS) is 15.9. The van der Waals surface area contributed by atoms with Crippen LogP contribution in [-0.2, 0) is 4.79 Å². The van der Waals surface area contributed by atoms with E-state index < -0.39 is 0 Å². The maximum absolute atomic E-state index is 11.0. The van der Waals surface area contributed by atoms with Crippen molar-refractivity contribution in [3.63, 3.8) is 0 Å². The SMILES string of the molecule is CNc1nc(N2CCC(CNC(C)=O)CC2)c(Cl)cc1Cl. The number of piperidine rings is 1. The minimum atomic E-state index is 0.0264. The summed E-state index contributed by atoms with van der Waals surface area (Å²) >= 11 is 12.3. The highest BCUT2D eigenvalue weighted by atomic mass is 35.5. The van der Waals surface area contributed by atoms with Gasteiger partial charge >= 0.3 is 0 Å². The summed E-state index contributed by atoms with van der Waals surface area (Å²) in [5.74, 6) is 1.94. The standard InChI is InChI=1S/C14H20Cl2N4O/c1-9(21)18-8-10-3-5-20(6-4-10)14-12(16)7-11(15)13(17-2)19-14/h7,10H,3-6,8H2,1-2H3,(H,17,19)(H,18,21). The Labute approximate surface area is 135 Å². The molecule has 0 saturated carbocycles. The largest absolute Gasteiger partial charge is 0.372 e.